The quantitative estimate of drug-likeness (QED) is 0.875. The van der Waals surface area contributed by atoms with Crippen molar-refractivity contribution in [3.05, 3.63) is 28.5 Å². The minimum Gasteiger partial charge on any atom is -0.495 e. The Kier molecular flexibility index (Phi) is 5.45. The summed E-state index contributed by atoms with van der Waals surface area (Å²) in [5.41, 5.74) is -0.331. The third kappa shape index (κ3) is 4.55. The molecule has 4 nitrogen and oxygen atoms in total. The fourth-order valence-corrected chi connectivity index (χ4v) is 2.82. The highest BCUT2D eigenvalue weighted by atomic mass is 35.5. The van der Waals surface area contributed by atoms with Crippen LogP contribution in [0.5, 0.6) is 5.75 Å². The van der Waals surface area contributed by atoms with Gasteiger partial charge in [0.15, 0.2) is 0 Å². The van der Waals surface area contributed by atoms with Crippen LogP contribution in [0.3, 0.4) is 0 Å². The summed E-state index contributed by atoms with van der Waals surface area (Å²) in [6.45, 7) is -1.04. The molecular formula is C10H11ClF3NO3S. The molecule has 0 saturated carbocycles. The molecule has 0 saturated heterocycles. The highest BCUT2D eigenvalue weighted by Gasteiger charge is 2.20. The van der Waals surface area contributed by atoms with Crippen LogP contribution in [-0.4, -0.2) is 28.5 Å². The Morgan fingerprint density at radius 1 is 1.42 bits per heavy atom. The number of benzene rings is 1. The van der Waals surface area contributed by atoms with E-state index in [1.165, 1.54) is 13.2 Å². The van der Waals surface area contributed by atoms with Gasteiger partial charge in [0.2, 0.25) is 10.0 Å². The lowest BCUT2D eigenvalue weighted by Gasteiger charge is -2.11. The van der Waals surface area contributed by atoms with Gasteiger partial charge in [-0.3, -0.25) is 0 Å². The maximum Gasteiger partial charge on any atom is 0.251 e. The Hall–Kier alpha value is -0.990. The van der Waals surface area contributed by atoms with Crippen molar-refractivity contribution < 1.29 is 26.3 Å². The predicted molar refractivity (Wildman–Crippen MR) is 64.6 cm³/mol. The van der Waals surface area contributed by atoms with Gasteiger partial charge in [0.25, 0.3) is 6.43 Å². The molecule has 1 rings (SSSR count). The molecule has 0 radical (unpaired) electrons. The molecule has 0 atom stereocenters. The summed E-state index contributed by atoms with van der Waals surface area (Å²) >= 11 is 5.78. The van der Waals surface area contributed by atoms with Crippen LogP contribution in [0.4, 0.5) is 13.2 Å². The van der Waals surface area contributed by atoms with E-state index in [4.69, 9.17) is 16.3 Å². The number of alkyl halides is 2. The van der Waals surface area contributed by atoms with Crippen molar-refractivity contribution >= 4 is 21.6 Å². The normalized spacial score (nSPS) is 11.9. The Labute approximate surface area is 113 Å². The van der Waals surface area contributed by atoms with E-state index in [-0.39, 0.29) is 16.3 Å². The summed E-state index contributed by atoms with van der Waals surface area (Å²) in [7, 11) is -2.83. The average molecular weight is 318 g/mol. The summed E-state index contributed by atoms with van der Waals surface area (Å²) in [4.78, 5) is 0. The van der Waals surface area contributed by atoms with Crippen molar-refractivity contribution in [3.8, 4) is 5.75 Å². The van der Waals surface area contributed by atoms with Crippen LogP contribution in [0.1, 0.15) is 5.56 Å². The van der Waals surface area contributed by atoms with Crippen LogP contribution in [0, 0.1) is 5.82 Å². The van der Waals surface area contributed by atoms with Gasteiger partial charge in [-0.2, -0.15) is 0 Å². The lowest BCUT2D eigenvalue weighted by atomic mass is 10.2. The summed E-state index contributed by atoms with van der Waals surface area (Å²) in [5.74, 6) is -1.60. The van der Waals surface area contributed by atoms with E-state index in [9.17, 15) is 21.6 Å². The van der Waals surface area contributed by atoms with Gasteiger partial charge in [0.1, 0.15) is 11.6 Å². The van der Waals surface area contributed by atoms with Crippen LogP contribution in [-0.2, 0) is 15.8 Å². The van der Waals surface area contributed by atoms with Crippen LogP contribution in [0.15, 0.2) is 12.1 Å². The monoisotopic (exact) mass is 317 g/mol. The molecular weight excluding hydrogens is 307 g/mol. The second kappa shape index (κ2) is 6.44. The van der Waals surface area contributed by atoms with Crippen molar-refractivity contribution in [1.82, 2.24) is 4.72 Å². The number of halogens is 4. The maximum atomic E-state index is 13.5. The van der Waals surface area contributed by atoms with Crippen molar-refractivity contribution in [3.63, 3.8) is 0 Å². The zero-order valence-electron chi connectivity index (χ0n) is 9.79. The minimum absolute atomic E-state index is 0.0992. The first-order valence-electron chi connectivity index (χ1n) is 5.03. The smallest absolute Gasteiger partial charge is 0.251 e. The molecule has 0 heterocycles. The largest absolute Gasteiger partial charge is 0.495 e. The zero-order valence-corrected chi connectivity index (χ0v) is 11.4. The first-order valence-corrected chi connectivity index (χ1v) is 7.06. The van der Waals surface area contributed by atoms with Gasteiger partial charge in [-0.25, -0.2) is 26.3 Å². The molecule has 0 aliphatic heterocycles. The average Bonchev–Trinajstić information content (AvgIpc) is 2.32. The van der Waals surface area contributed by atoms with Gasteiger partial charge in [0.05, 0.1) is 24.4 Å². The fourth-order valence-electron chi connectivity index (χ4n) is 1.30. The number of hydrogen-bond acceptors (Lipinski definition) is 3. The van der Waals surface area contributed by atoms with E-state index < -0.39 is 34.6 Å². The topological polar surface area (TPSA) is 55.4 Å². The zero-order chi connectivity index (χ0) is 14.6. The summed E-state index contributed by atoms with van der Waals surface area (Å²) in [5, 5.41) is -0.204. The number of nitrogens with one attached hydrogen (secondary N) is 1. The Balaban J connectivity index is 2.99. The van der Waals surface area contributed by atoms with Crippen LogP contribution in [0.25, 0.3) is 0 Å². The molecule has 0 spiro atoms. The number of hydrogen-bond donors (Lipinski definition) is 1. The van der Waals surface area contributed by atoms with E-state index in [0.717, 1.165) is 6.07 Å². The molecule has 1 N–H and O–H groups in total. The predicted octanol–water partition coefficient (Wildman–Crippen LogP) is 2.17. The molecule has 19 heavy (non-hydrogen) atoms. The Morgan fingerprint density at radius 2 is 2.05 bits per heavy atom. The standard InChI is InChI=1S/C10H11ClF3NO3S/c1-18-8-3-2-7(12)6(10(8)11)5-19(16,17)15-4-9(13)14/h2-3,9,15H,4-5H2,1H3. The Morgan fingerprint density at radius 3 is 2.58 bits per heavy atom. The lowest BCUT2D eigenvalue weighted by Crippen LogP contribution is -2.30. The Bertz CT molecular complexity index is 551. The van der Waals surface area contributed by atoms with E-state index in [2.05, 4.69) is 0 Å². The van der Waals surface area contributed by atoms with Crippen molar-refractivity contribution in [1.29, 1.82) is 0 Å². The molecule has 108 valence electrons. The molecule has 1 aromatic rings. The maximum absolute atomic E-state index is 13.5. The second-order valence-electron chi connectivity index (χ2n) is 3.54. The molecule has 9 heteroatoms. The van der Waals surface area contributed by atoms with Gasteiger partial charge in [-0.05, 0) is 12.1 Å². The van der Waals surface area contributed by atoms with E-state index in [1.807, 2.05) is 0 Å². The highest BCUT2D eigenvalue weighted by Crippen LogP contribution is 2.31. The minimum atomic E-state index is -4.11. The first-order chi connectivity index (χ1) is 8.76. The third-order valence-corrected chi connectivity index (χ3v) is 3.85. The van der Waals surface area contributed by atoms with E-state index >= 15 is 0 Å². The molecule has 0 amide bonds. The summed E-state index contributed by atoms with van der Waals surface area (Å²) < 4.78 is 66.9. The SMILES string of the molecule is COc1ccc(F)c(CS(=O)(=O)NCC(F)F)c1Cl. The van der Waals surface area contributed by atoms with E-state index in [1.54, 1.807) is 4.72 Å². The molecule has 0 aliphatic rings. The lowest BCUT2D eigenvalue weighted by molar-refractivity contribution is 0.153. The third-order valence-electron chi connectivity index (χ3n) is 2.16. The van der Waals surface area contributed by atoms with Gasteiger partial charge in [-0.15, -0.1) is 0 Å². The first kappa shape index (κ1) is 16.1. The molecule has 0 bridgehead atoms. The number of rotatable bonds is 6. The number of ether oxygens (including phenoxy) is 1. The molecule has 0 aliphatic carbocycles. The molecule has 0 fully saturated rings. The van der Waals surface area contributed by atoms with Crippen LogP contribution < -0.4 is 9.46 Å². The molecule has 0 unspecified atom stereocenters. The van der Waals surface area contributed by atoms with Crippen molar-refractivity contribution in [2.24, 2.45) is 0 Å². The second-order valence-corrected chi connectivity index (χ2v) is 5.73. The molecule has 0 aromatic heterocycles. The van der Waals surface area contributed by atoms with E-state index in [0.29, 0.717) is 0 Å². The summed E-state index contributed by atoms with van der Waals surface area (Å²) in [6, 6.07) is 2.23. The van der Waals surface area contributed by atoms with Crippen molar-refractivity contribution in [2.45, 2.75) is 12.2 Å². The fraction of sp³-hybridized carbons (Fsp3) is 0.400. The van der Waals surface area contributed by atoms with Gasteiger partial charge >= 0.3 is 0 Å². The van der Waals surface area contributed by atoms with Crippen LogP contribution >= 0.6 is 11.6 Å². The summed E-state index contributed by atoms with van der Waals surface area (Å²) in [6.07, 6.45) is -2.83. The van der Waals surface area contributed by atoms with Gasteiger partial charge < -0.3 is 4.74 Å². The van der Waals surface area contributed by atoms with Crippen LogP contribution in [0.2, 0.25) is 5.02 Å². The highest BCUT2D eigenvalue weighted by molar-refractivity contribution is 7.88. The number of sulfonamides is 1. The van der Waals surface area contributed by atoms with Gasteiger partial charge in [-0.1, -0.05) is 11.6 Å². The van der Waals surface area contributed by atoms with Gasteiger partial charge in [0, 0.05) is 5.56 Å². The van der Waals surface area contributed by atoms with Crippen molar-refractivity contribution in [2.75, 3.05) is 13.7 Å². The number of methoxy groups -OCH3 is 1. The molecule has 1 aromatic carbocycles.